The molecule has 0 aliphatic carbocycles. The van der Waals surface area contributed by atoms with Crippen LogP contribution in [-0.2, 0) is 14.3 Å². The van der Waals surface area contributed by atoms with Crippen LogP contribution < -0.4 is 0 Å². The van der Waals surface area contributed by atoms with Gasteiger partial charge in [0.15, 0.2) is 6.10 Å². The summed E-state index contributed by atoms with van der Waals surface area (Å²) in [5, 5.41) is 9.08. The van der Waals surface area contributed by atoms with Crippen molar-refractivity contribution in [3.8, 4) is 0 Å². The van der Waals surface area contributed by atoms with Gasteiger partial charge >= 0.3 is 5.97 Å². The van der Waals surface area contributed by atoms with E-state index >= 15 is 0 Å². The van der Waals surface area contributed by atoms with E-state index in [-0.39, 0.29) is 18.1 Å². The summed E-state index contributed by atoms with van der Waals surface area (Å²) in [6.45, 7) is -0.307. The third kappa shape index (κ3) is 2.06. The molecule has 18 heavy (non-hydrogen) atoms. The normalized spacial score (nSPS) is 24.1. The van der Waals surface area contributed by atoms with Gasteiger partial charge in [-0.15, -0.1) is 0 Å². The Morgan fingerprint density at radius 1 is 1.50 bits per heavy atom. The van der Waals surface area contributed by atoms with Crippen LogP contribution in [0.25, 0.3) is 0 Å². The number of halogens is 1. The smallest absolute Gasteiger partial charge is 0.335 e. The van der Waals surface area contributed by atoms with Crippen LogP contribution in [0.5, 0.6) is 0 Å². The Morgan fingerprint density at radius 3 is 2.78 bits per heavy atom. The SMILES string of the molecule is CN1C(=O)CO[C@H](C(=O)O)[C@H]1c1ccccc1F. The lowest BCUT2D eigenvalue weighted by atomic mass is 9.98. The summed E-state index contributed by atoms with van der Waals surface area (Å²) in [4.78, 5) is 23.9. The molecule has 1 aromatic rings. The standard InChI is InChI=1S/C12H12FNO4/c1-14-9(15)6-18-11(12(16)17)10(14)7-4-2-3-5-8(7)13/h2-5,10-11H,6H2,1H3,(H,16,17)/t10-,11+/m1/s1. The third-order valence-corrected chi connectivity index (χ3v) is 2.95. The van der Waals surface area contributed by atoms with Crippen molar-refractivity contribution in [2.75, 3.05) is 13.7 Å². The van der Waals surface area contributed by atoms with E-state index < -0.39 is 23.9 Å². The lowest BCUT2D eigenvalue weighted by Gasteiger charge is -2.37. The minimum Gasteiger partial charge on any atom is -0.479 e. The molecule has 1 amide bonds. The minimum absolute atomic E-state index is 0.139. The first-order valence-corrected chi connectivity index (χ1v) is 5.37. The Hall–Kier alpha value is -1.95. The van der Waals surface area contributed by atoms with E-state index in [2.05, 4.69) is 0 Å². The Bertz CT molecular complexity index is 491. The van der Waals surface area contributed by atoms with Crippen molar-refractivity contribution >= 4 is 11.9 Å². The highest BCUT2D eigenvalue weighted by Crippen LogP contribution is 2.30. The minimum atomic E-state index is -1.26. The van der Waals surface area contributed by atoms with Crippen LogP contribution >= 0.6 is 0 Å². The number of ether oxygens (including phenoxy) is 1. The highest BCUT2D eigenvalue weighted by atomic mass is 19.1. The highest BCUT2D eigenvalue weighted by molar-refractivity contribution is 5.82. The van der Waals surface area contributed by atoms with Gasteiger partial charge in [-0.05, 0) is 6.07 Å². The molecule has 1 saturated heterocycles. The second kappa shape index (κ2) is 4.73. The molecular weight excluding hydrogens is 241 g/mol. The number of morpholine rings is 1. The summed E-state index contributed by atoms with van der Waals surface area (Å²) in [5.74, 6) is -2.15. The van der Waals surface area contributed by atoms with Crippen molar-refractivity contribution in [1.29, 1.82) is 0 Å². The largest absolute Gasteiger partial charge is 0.479 e. The van der Waals surface area contributed by atoms with Crippen molar-refractivity contribution < 1.29 is 23.8 Å². The summed E-state index contributed by atoms with van der Waals surface area (Å²) >= 11 is 0. The zero-order valence-electron chi connectivity index (χ0n) is 9.67. The fourth-order valence-electron chi connectivity index (χ4n) is 2.01. The molecule has 0 spiro atoms. The Kier molecular flexibility index (Phi) is 3.29. The molecule has 5 nitrogen and oxygen atoms in total. The van der Waals surface area contributed by atoms with E-state index in [1.165, 1.54) is 30.1 Å². The van der Waals surface area contributed by atoms with E-state index in [0.29, 0.717) is 0 Å². The molecule has 0 aromatic heterocycles. The number of carbonyl (C=O) groups is 2. The number of amides is 1. The number of benzene rings is 1. The molecule has 6 heteroatoms. The first-order chi connectivity index (χ1) is 8.52. The lowest BCUT2D eigenvalue weighted by molar-refractivity contribution is -0.171. The molecule has 1 aliphatic rings. The molecule has 0 saturated carbocycles. The Balaban J connectivity index is 2.44. The van der Waals surface area contributed by atoms with Crippen LogP contribution in [0.3, 0.4) is 0 Å². The van der Waals surface area contributed by atoms with Gasteiger partial charge in [-0.25, -0.2) is 9.18 Å². The number of likely N-dealkylation sites (N-methyl/N-ethyl adjacent to an activating group) is 1. The zero-order chi connectivity index (χ0) is 13.3. The lowest BCUT2D eigenvalue weighted by Crippen LogP contribution is -2.50. The summed E-state index contributed by atoms with van der Waals surface area (Å²) in [6, 6.07) is 4.81. The summed E-state index contributed by atoms with van der Waals surface area (Å²) < 4.78 is 18.7. The number of carboxylic acids is 1. The predicted octanol–water partition coefficient (Wildman–Crippen LogP) is 0.809. The van der Waals surface area contributed by atoms with Gasteiger partial charge in [0, 0.05) is 12.6 Å². The van der Waals surface area contributed by atoms with Crippen molar-refractivity contribution in [3.05, 3.63) is 35.6 Å². The van der Waals surface area contributed by atoms with Crippen LogP contribution in [0.1, 0.15) is 11.6 Å². The number of aliphatic carboxylic acids is 1. The van der Waals surface area contributed by atoms with Crippen LogP contribution in [0.15, 0.2) is 24.3 Å². The Morgan fingerprint density at radius 2 is 2.17 bits per heavy atom. The molecule has 1 N–H and O–H groups in total. The summed E-state index contributed by atoms with van der Waals surface area (Å²) in [5.41, 5.74) is 0.139. The molecule has 2 rings (SSSR count). The molecule has 1 aliphatic heterocycles. The van der Waals surface area contributed by atoms with Gasteiger partial charge in [0.25, 0.3) is 0 Å². The van der Waals surface area contributed by atoms with Crippen molar-refractivity contribution in [2.24, 2.45) is 0 Å². The monoisotopic (exact) mass is 253 g/mol. The fourth-order valence-corrected chi connectivity index (χ4v) is 2.01. The van der Waals surface area contributed by atoms with E-state index in [1.54, 1.807) is 6.07 Å². The molecule has 1 fully saturated rings. The first-order valence-electron chi connectivity index (χ1n) is 5.37. The van der Waals surface area contributed by atoms with Crippen molar-refractivity contribution in [1.82, 2.24) is 4.90 Å². The van der Waals surface area contributed by atoms with E-state index in [1.807, 2.05) is 0 Å². The van der Waals surface area contributed by atoms with Crippen molar-refractivity contribution in [2.45, 2.75) is 12.1 Å². The fraction of sp³-hybridized carbons (Fsp3) is 0.333. The van der Waals surface area contributed by atoms with Crippen LogP contribution in [0.4, 0.5) is 4.39 Å². The highest BCUT2D eigenvalue weighted by Gasteiger charge is 2.41. The molecular formula is C12H12FNO4. The average Bonchev–Trinajstić information content (AvgIpc) is 2.33. The molecule has 0 radical (unpaired) electrons. The maximum Gasteiger partial charge on any atom is 0.335 e. The molecule has 96 valence electrons. The number of hydrogen-bond acceptors (Lipinski definition) is 3. The zero-order valence-corrected chi connectivity index (χ0v) is 9.67. The van der Waals surface area contributed by atoms with Gasteiger partial charge < -0.3 is 14.7 Å². The molecule has 1 aromatic carbocycles. The van der Waals surface area contributed by atoms with Gasteiger partial charge in [-0.2, -0.15) is 0 Å². The maximum atomic E-state index is 13.7. The summed E-state index contributed by atoms with van der Waals surface area (Å²) in [6.07, 6.45) is -1.26. The van der Waals surface area contributed by atoms with E-state index in [0.717, 1.165) is 0 Å². The van der Waals surface area contributed by atoms with Crippen molar-refractivity contribution in [3.63, 3.8) is 0 Å². The number of hydrogen-bond donors (Lipinski definition) is 1. The van der Waals surface area contributed by atoms with Gasteiger partial charge in [0.1, 0.15) is 12.4 Å². The van der Waals surface area contributed by atoms with Gasteiger partial charge in [0.05, 0.1) is 6.04 Å². The number of carbonyl (C=O) groups excluding carboxylic acids is 1. The van der Waals surface area contributed by atoms with E-state index in [9.17, 15) is 14.0 Å². The molecule has 0 unspecified atom stereocenters. The topological polar surface area (TPSA) is 66.8 Å². The number of carboxylic acid groups (broad SMARTS) is 1. The van der Waals surface area contributed by atoms with Crippen LogP contribution in [-0.4, -0.2) is 41.6 Å². The number of rotatable bonds is 2. The van der Waals surface area contributed by atoms with E-state index in [4.69, 9.17) is 9.84 Å². The van der Waals surface area contributed by atoms with Gasteiger partial charge in [0.2, 0.25) is 5.91 Å². The quantitative estimate of drug-likeness (QED) is 0.847. The average molecular weight is 253 g/mol. The second-order valence-electron chi connectivity index (χ2n) is 4.04. The van der Waals surface area contributed by atoms with Gasteiger partial charge in [-0.1, -0.05) is 18.2 Å². The van der Waals surface area contributed by atoms with Crippen LogP contribution in [0, 0.1) is 5.82 Å². The van der Waals surface area contributed by atoms with Crippen LogP contribution in [0.2, 0.25) is 0 Å². The second-order valence-corrected chi connectivity index (χ2v) is 4.04. The molecule has 2 atom stereocenters. The van der Waals surface area contributed by atoms with Gasteiger partial charge in [-0.3, -0.25) is 4.79 Å². The first kappa shape index (κ1) is 12.5. The molecule has 1 heterocycles. The number of nitrogens with zero attached hydrogens (tertiary/aromatic N) is 1. The third-order valence-electron chi connectivity index (χ3n) is 2.95. The predicted molar refractivity (Wildman–Crippen MR) is 59.3 cm³/mol. The maximum absolute atomic E-state index is 13.7. The Labute approximate surface area is 103 Å². The summed E-state index contributed by atoms with van der Waals surface area (Å²) in [7, 11) is 1.44. The molecule has 0 bridgehead atoms.